The molecule has 0 unspecified atom stereocenters. The van der Waals surface area contributed by atoms with Crippen molar-refractivity contribution in [3.8, 4) is 0 Å². The van der Waals surface area contributed by atoms with Crippen LogP contribution >= 0.6 is 11.8 Å². The number of hydrogen-bond acceptors (Lipinski definition) is 7. The van der Waals surface area contributed by atoms with Crippen molar-refractivity contribution in [2.45, 2.75) is 50.7 Å². The van der Waals surface area contributed by atoms with Gasteiger partial charge in [-0.1, -0.05) is 18.7 Å². The third kappa shape index (κ3) is 3.03. The Hall–Kier alpha value is -1.64. The van der Waals surface area contributed by atoms with Crippen LogP contribution in [0, 0.1) is 0 Å². The van der Waals surface area contributed by atoms with Crippen molar-refractivity contribution >= 4 is 17.7 Å². The van der Waals surface area contributed by atoms with Crippen molar-refractivity contribution in [2.24, 2.45) is 0 Å². The summed E-state index contributed by atoms with van der Waals surface area (Å²) in [6, 6.07) is 0.226. The zero-order valence-corrected chi connectivity index (χ0v) is 12.1. The van der Waals surface area contributed by atoms with Gasteiger partial charge in [-0.05, 0) is 30.7 Å². The molecular weight excluding hydrogens is 264 g/mol. The predicted octanol–water partition coefficient (Wildman–Crippen LogP) is 1.13. The highest BCUT2D eigenvalue weighted by Gasteiger charge is 2.14. The van der Waals surface area contributed by atoms with E-state index in [9.17, 15) is 0 Å². The average molecular weight is 282 g/mol. The maximum Gasteiger partial charge on any atom is 0.222 e. The minimum atomic E-state index is 0.226. The third-order valence-corrected chi connectivity index (χ3v) is 3.52. The van der Waals surface area contributed by atoms with Crippen LogP contribution in [-0.4, -0.2) is 35.0 Å². The Morgan fingerprint density at radius 3 is 2.74 bits per heavy atom. The lowest BCUT2D eigenvalue weighted by molar-refractivity contribution is 0.554. The molecule has 2 N–H and O–H groups in total. The molecule has 0 radical (unpaired) electrons. The summed E-state index contributed by atoms with van der Waals surface area (Å²) in [4.78, 5) is 0. The number of aromatic nitrogens is 7. The van der Waals surface area contributed by atoms with E-state index in [-0.39, 0.29) is 6.04 Å². The Morgan fingerprint density at radius 2 is 2.05 bits per heavy atom. The Kier molecular flexibility index (Phi) is 4.35. The molecule has 0 saturated carbocycles. The van der Waals surface area contributed by atoms with Gasteiger partial charge in [0.2, 0.25) is 5.95 Å². The molecule has 0 atom stereocenters. The summed E-state index contributed by atoms with van der Waals surface area (Å²) < 4.78 is 3.71. The van der Waals surface area contributed by atoms with Gasteiger partial charge < -0.3 is 5.73 Å². The summed E-state index contributed by atoms with van der Waals surface area (Å²) >= 11 is 1.54. The molecular formula is C10H18N8S. The van der Waals surface area contributed by atoms with Crippen LogP contribution in [0.4, 0.5) is 5.95 Å². The fourth-order valence-corrected chi connectivity index (χ4v) is 2.72. The van der Waals surface area contributed by atoms with E-state index in [0.29, 0.717) is 11.7 Å². The van der Waals surface area contributed by atoms with E-state index in [4.69, 9.17) is 5.73 Å². The van der Waals surface area contributed by atoms with Crippen LogP contribution in [-0.2, 0) is 12.3 Å². The van der Waals surface area contributed by atoms with E-state index in [2.05, 4.69) is 32.6 Å². The van der Waals surface area contributed by atoms with E-state index in [1.807, 2.05) is 23.1 Å². The summed E-state index contributed by atoms with van der Waals surface area (Å²) in [7, 11) is 0. The van der Waals surface area contributed by atoms with Gasteiger partial charge in [-0.25, -0.2) is 4.68 Å². The molecule has 0 saturated heterocycles. The topological polar surface area (TPSA) is 100 Å². The Balaban J connectivity index is 2.08. The van der Waals surface area contributed by atoms with Gasteiger partial charge in [0.05, 0.1) is 5.75 Å². The molecule has 0 spiro atoms. The third-order valence-electron chi connectivity index (χ3n) is 2.58. The minimum absolute atomic E-state index is 0.226. The lowest BCUT2D eigenvalue weighted by Crippen LogP contribution is -2.08. The molecule has 2 aromatic heterocycles. The lowest BCUT2D eigenvalue weighted by atomic mass is 10.4. The number of nitrogens with two attached hydrogens (primary N) is 1. The second kappa shape index (κ2) is 6.00. The van der Waals surface area contributed by atoms with E-state index < -0.39 is 0 Å². The standard InChI is InChI=1S/C10H18N8S/c1-4-5-17-8(12-15-16-17)6-19-10-14-13-9(11)18(10)7(2)3/h7H,4-6H2,1-3H3,(H2,11,13). The molecule has 8 nitrogen and oxygen atoms in total. The average Bonchev–Trinajstić information content (AvgIpc) is 2.94. The van der Waals surface area contributed by atoms with E-state index in [0.717, 1.165) is 23.9 Å². The molecule has 19 heavy (non-hydrogen) atoms. The predicted molar refractivity (Wildman–Crippen MR) is 72.5 cm³/mol. The van der Waals surface area contributed by atoms with E-state index >= 15 is 0 Å². The SMILES string of the molecule is CCCn1nnnc1CSc1nnc(N)n1C(C)C. The number of nitrogen functional groups attached to an aromatic ring is 1. The van der Waals surface area contributed by atoms with Crippen LogP contribution in [0.15, 0.2) is 5.16 Å². The van der Waals surface area contributed by atoms with Gasteiger partial charge in [-0.2, -0.15) is 0 Å². The van der Waals surface area contributed by atoms with Crippen LogP contribution in [0.2, 0.25) is 0 Å². The summed E-state index contributed by atoms with van der Waals surface area (Å²) in [5.41, 5.74) is 5.80. The van der Waals surface area contributed by atoms with E-state index in [1.54, 1.807) is 0 Å². The molecule has 0 bridgehead atoms. The fraction of sp³-hybridized carbons (Fsp3) is 0.700. The number of thioether (sulfide) groups is 1. The highest BCUT2D eigenvalue weighted by Crippen LogP contribution is 2.24. The van der Waals surface area contributed by atoms with Gasteiger partial charge in [0, 0.05) is 12.6 Å². The molecule has 2 heterocycles. The van der Waals surface area contributed by atoms with Gasteiger partial charge in [-0.3, -0.25) is 4.57 Å². The van der Waals surface area contributed by atoms with Crippen LogP contribution in [0.5, 0.6) is 0 Å². The Morgan fingerprint density at radius 1 is 1.26 bits per heavy atom. The molecule has 0 aliphatic carbocycles. The smallest absolute Gasteiger partial charge is 0.222 e. The van der Waals surface area contributed by atoms with Gasteiger partial charge in [0.15, 0.2) is 11.0 Å². The number of hydrogen-bond donors (Lipinski definition) is 1. The van der Waals surface area contributed by atoms with Gasteiger partial charge in [0.1, 0.15) is 0 Å². The quantitative estimate of drug-likeness (QED) is 0.792. The first kappa shape index (κ1) is 13.8. The van der Waals surface area contributed by atoms with Crippen molar-refractivity contribution in [3.05, 3.63) is 5.82 Å². The molecule has 0 aliphatic rings. The fourth-order valence-electron chi connectivity index (χ4n) is 1.71. The van der Waals surface area contributed by atoms with Gasteiger partial charge in [0.25, 0.3) is 0 Å². The van der Waals surface area contributed by atoms with Crippen LogP contribution in [0.1, 0.15) is 39.1 Å². The minimum Gasteiger partial charge on any atom is -0.368 e. The summed E-state index contributed by atoms with van der Waals surface area (Å²) in [5, 5.41) is 20.5. The van der Waals surface area contributed by atoms with Crippen molar-refractivity contribution in [1.29, 1.82) is 0 Å². The zero-order chi connectivity index (χ0) is 13.8. The van der Waals surface area contributed by atoms with E-state index in [1.165, 1.54) is 11.8 Å². The number of aryl methyl sites for hydroxylation is 1. The second-order valence-corrected chi connectivity index (χ2v) is 5.35. The molecule has 104 valence electrons. The Bertz CT molecular complexity index is 531. The molecule has 9 heteroatoms. The molecule has 0 fully saturated rings. The van der Waals surface area contributed by atoms with Crippen molar-refractivity contribution in [1.82, 2.24) is 35.0 Å². The first-order valence-corrected chi connectivity index (χ1v) is 7.20. The number of rotatable bonds is 6. The number of tetrazole rings is 1. The van der Waals surface area contributed by atoms with Crippen LogP contribution in [0.3, 0.4) is 0 Å². The monoisotopic (exact) mass is 282 g/mol. The normalized spacial score (nSPS) is 11.4. The Labute approximate surface area is 115 Å². The summed E-state index contributed by atoms with van der Waals surface area (Å²) in [5.74, 6) is 1.92. The zero-order valence-electron chi connectivity index (χ0n) is 11.3. The summed E-state index contributed by atoms with van der Waals surface area (Å²) in [6.07, 6.45) is 0.998. The molecule has 0 aliphatic heterocycles. The number of anilines is 1. The first-order chi connectivity index (χ1) is 9.13. The maximum absolute atomic E-state index is 5.80. The van der Waals surface area contributed by atoms with Gasteiger partial charge in [-0.15, -0.1) is 15.3 Å². The largest absolute Gasteiger partial charge is 0.368 e. The molecule has 2 aromatic rings. The first-order valence-electron chi connectivity index (χ1n) is 6.21. The van der Waals surface area contributed by atoms with Crippen LogP contribution < -0.4 is 5.73 Å². The highest BCUT2D eigenvalue weighted by atomic mass is 32.2. The number of nitrogens with zero attached hydrogens (tertiary/aromatic N) is 7. The molecule has 0 aromatic carbocycles. The highest BCUT2D eigenvalue weighted by molar-refractivity contribution is 7.98. The summed E-state index contributed by atoms with van der Waals surface area (Å²) in [6.45, 7) is 7.01. The van der Waals surface area contributed by atoms with Crippen molar-refractivity contribution in [2.75, 3.05) is 5.73 Å². The lowest BCUT2D eigenvalue weighted by Gasteiger charge is -2.10. The molecule has 2 rings (SSSR count). The van der Waals surface area contributed by atoms with Crippen molar-refractivity contribution in [3.63, 3.8) is 0 Å². The van der Waals surface area contributed by atoms with Gasteiger partial charge >= 0.3 is 0 Å². The maximum atomic E-state index is 5.80. The van der Waals surface area contributed by atoms with Crippen molar-refractivity contribution < 1.29 is 0 Å². The molecule has 0 amide bonds. The second-order valence-electron chi connectivity index (χ2n) is 4.41. The van der Waals surface area contributed by atoms with Crippen LogP contribution in [0.25, 0.3) is 0 Å².